The molecule has 6 heteroatoms. The molecule has 1 rings (SSSR count). The SMILES string of the molecule is C[C@@H]1C[C@H]1NC(=O)C(F)C(F)(F)F. The number of hydrogen-bond donors (Lipinski definition) is 1. The fourth-order valence-corrected chi connectivity index (χ4v) is 0.928. The standard InChI is InChI=1S/C7H9F4NO/c1-3-2-4(3)12-6(13)5(8)7(9,10)11/h3-5H,2H2,1H3,(H,12,13)/t3-,4-,5?/m1/s1. The molecule has 1 unspecified atom stereocenters. The molecule has 1 fully saturated rings. The maximum absolute atomic E-state index is 12.3. The van der Waals surface area contributed by atoms with Gasteiger partial charge in [0.2, 0.25) is 0 Å². The first-order chi connectivity index (χ1) is 5.82. The molecule has 0 radical (unpaired) electrons. The van der Waals surface area contributed by atoms with Crippen LogP contribution in [0.25, 0.3) is 0 Å². The van der Waals surface area contributed by atoms with Crippen molar-refractivity contribution in [3.8, 4) is 0 Å². The average molecular weight is 199 g/mol. The first-order valence-corrected chi connectivity index (χ1v) is 3.83. The maximum atomic E-state index is 12.3. The minimum Gasteiger partial charge on any atom is -0.350 e. The third-order valence-electron chi connectivity index (χ3n) is 1.95. The van der Waals surface area contributed by atoms with E-state index in [0.29, 0.717) is 6.42 Å². The van der Waals surface area contributed by atoms with E-state index >= 15 is 0 Å². The van der Waals surface area contributed by atoms with Gasteiger partial charge in [-0.25, -0.2) is 4.39 Å². The second-order valence-electron chi connectivity index (χ2n) is 3.23. The zero-order valence-electron chi connectivity index (χ0n) is 6.86. The molecule has 0 aromatic rings. The van der Waals surface area contributed by atoms with Crippen LogP contribution in [-0.4, -0.2) is 24.3 Å². The van der Waals surface area contributed by atoms with Crippen LogP contribution in [0.4, 0.5) is 17.6 Å². The van der Waals surface area contributed by atoms with Crippen LogP contribution in [0, 0.1) is 5.92 Å². The van der Waals surface area contributed by atoms with E-state index in [9.17, 15) is 22.4 Å². The van der Waals surface area contributed by atoms with Crippen molar-refractivity contribution in [2.45, 2.75) is 31.7 Å². The molecule has 0 aromatic heterocycles. The van der Waals surface area contributed by atoms with E-state index in [0.717, 1.165) is 0 Å². The van der Waals surface area contributed by atoms with Gasteiger partial charge in [-0.1, -0.05) is 6.92 Å². The Bertz CT molecular complexity index is 215. The summed E-state index contributed by atoms with van der Waals surface area (Å²) in [5.74, 6) is -1.42. The first kappa shape index (κ1) is 10.3. The second-order valence-corrected chi connectivity index (χ2v) is 3.23. The molecule has 1 N–H and O–H groups in total. The predicted molar refractivity (Wildman–Crippen MR) is 36.7 cm³/mol. The highest BCUT2D eigenvalue weighted by molar-refractivity contribution is 5.82. The molecule has 0 aromatic carbocycles. The molecule has 76 valence electrons. The number of amides is 1. The van der Waals surface area contributed by atoms with Gasteiger partial charge in [-0.3, -0.25) is 4.79 Å². The number of rotatable bonds is 2. The Kier molecular flexibility index (Phi) is 2.49. The van der Waals surface area contributed by atoms with E-state index in [-0.39, 0.29) is 12.0 Å². The molecule has 1 aliphatic rings. The van der Waals surface area contributed by atoms with Gasteiger partial charge in [0.15, 0.2) is 0 Å². The lowest BCUT2D eigenvalue weighted by Crippen LogP contribution is -2.42. The summed E-state index contributed by atoms with van der Waals surface area (Å²) in [5.41, 5.74) is 0. The van der Waals surface area contributed by atoms with Gasteiger partial charge in [0.25, 0.3) is 12.1 Å². The molecule has 0 aliphatic heterocycles. The molecule has 1 amide bonds. The number of halogens is 4. The van der Waals surface area contributed by atoms with Crippen LogP contribution in [0.5, 0.6) is 0 Å². The summed E-state index contributed by atoms with van der Waals surface area (Å²) in [6, 6.07) is -0.284. The van der Waals surface area contributed by atoms with Crippen molar-refractivity contribution >= 4 is 5.91 Å². The molecule has 2 nitrogen and oxygen atoms in total. The number of carbonyl (C=O) groups excluding carboxylic acids is 1. The Morgan fingerprint density at radius 1 is 1.54 bits per heavy atom. The summed E-state index contributed by atoms with van der Waals surface area (Å²) in [4.78, 5) is 10.6. The predicted octanol–water partition coefficient (Wildman–Crippen LogP) is 1.41. The Labute approximate surface area is 72.3 Å². The van der Waals surface area contributed by atoms with Crippen LogP contribution >= 0.6 is 0 Å². The summed E-state index contributed by atoms with van der Waals surface area (Å²) in [6.45, 7) is 1.77. The maximum Gasteiger partial charge on any atom is 0.428 e. The summed E-state index contributed by atoms with van der Waals surface area (Å²) >= 11 is 0. The molecular weight excluding hydrogens is 190 g/mol. The van der Waals surface area contributed by atoms with Crippen molar-refractivity contribution in [2.75, 3.05) is 0 Å². The summed E-state index contributed by atoms with van der Waals surface area (Å²) < 4.78 is 47.2. The smallest absolute Gasteiger partial charge is 0.350 e. The van der Waals surface area contributed by atoms with E-state index in [2.05, 4.69) is 0 Å². The van der Waals surface area contributed by atoms with Crippen molar-refractivity contribution in [3.63, 3.8) is 0 Å². The van der Waals surface area contributed by atoms with Gasteiger partial charge in [-0.15, -0.1) is 0 Å². The summed E-state index contributed by atoms with van der Waals surface area (Å²) in [7, 11) is 0. The van der Waals surface area contributed by atoms with Gasteiger partial charge < -0.3 is 5.32 Å². The number of alkyl halides is 4. The molecule has 3 atom stereocenters. The van der Waals surface area contributed by atoms with Crippen molar-refractivity contribution in [3.05, 3.63) is 0 Å². The molecule has 0 bridgehead atoms. The lowest BCUT2D eigenvalue weighted by molar-refractivity contribution is -0.186. The molecule has 0 heterocycles. The normalized spacial score (nSPS) is 29.6. The van der Waals surface area contributed by atoms with Gasteiger partial charge in [0, 0.05) is 6.04 Å². The van der Waals surface area contributed by atoms with Crippen LogP contribution in [0.3, 0.4) is 0 Å². The van der Waals surface area contributed by atoms with Crippen LogP contribution in [0.2, 0.25) is 0 Å². The molecule has 1 aliphatic carbocycles. The Hall–Kier alpha value is -0.810. The van der Waals surface area contributed by atoms with Crippen LogP contribution in [-0.2, 0) is 4.79 Å². The molecule has 1 saturated carbocycles. The van der Waals surface area contributed by atoms with Crippen molar-refractivity contribution in [2.24, 2.45) is 5.92 Å². The second kappa shape index (κ2) is 3.16. The Morgan fingerprint density at radius 2 is 2.00 bits per heavy atom. The van der Waals surface area contributed by atoms with E-state index in [4.69, 9.17) is 0 Å². The van der Waals surface area contributed by atoms with Crippen LogP contribution in [0.15, 0.2) is 0 Å². The van der Waals surface area contributed by atoms with Crippen LogP contribution < -0.4 is 5.32 Å². The fourth-order valence-electron chi connectivity index (χ4n) is 0.928. The van der Waals surface area contributed by atoms with Gasteiger partial charge >= 0.3 is 6.18 Å². The van der Waals surface area contributed by atoms with Crippen LogP contribution in [0.1, 0.15) is 13.3 Å². The summed E-state index contributed by atoms with van der Waals surface area (Å²) in [5, 5.41) is 1.98. The average Bonchev–Trinajstić information content (AvgIpc) is 2.63. The van der Waals surface area contributed by atoms with Gasteiger partial charge in [-0.05, 0) is 12.3 Å². The third kappa shape index (κ3) is 2.57. The number of hydrogen-bond acceptors (Lipinski definition) is 1. The highest BCUT2D eigenvalue weighted by Gasteiger charge is 2.47. The Balaban J connectivity index is 2.39. The zero-order chi connectivity index (χ0) is 10.2. The largest absolute Gasteiger partial charge is 0.428 e. The van der Waals surface area contributed by atoms with E-state index < -0.39 is 18.3 Å². The first-order valence-electron chi connectivity index (χ1n) is 3.83. The van der Waals surface area contributed by atoms with Crippen molar-refractivity contribution < 1.29 is 22.4 Å². The monoisotopic (exact) mass is 199 g/mol. The highest BCUT2D eigenvalue weighted by atomic mass is 19.4. The van der Waals surface area contributed by atoms with Gasteiger partial charge in [-0.2, -0.15) is 13.2 Å². The van der Waals surface area contributed by atoms with E-state index in [1.165, 1.54) is 0 Å². The number of nitrogens with one attached hydrogen (secondary N) is 1. The van der Waals surface area contributed by atoms with Crippen molar-refractivity contribution in [1.82, 2.24) is 5.32 Å². The topological polar surface area (TPSA) is 29.1 Å². The summed E-state index contributed by atoms with van der Waals surface area (Å²) in [6.07, 6.45) is -7.88. The highest BCUT2D eigenvalue weighted by Crippen LogP contribution is 2.30. The number of carbonyl (C=O) groups is 1. The van der Waals surface area contributed by atoms with Crippen molar-refractivity contribution in [1.29, 1.82) is 0 Å². The van der Waals surface area contributed by atoms with Gasteiger partial charge in [0.05, 0.1) is 0 Å². The molecule has 0 spiro atoms. The molecule has 0 saturated heterocycles. The molecule has 13 heavy (non-hydrogen) atoms. The van der Waals surface area contributed by atoms with Gasteiger partial charge in [0.1, 0.15) is 0 Å². The fraction of sp³-hybridized carbons (Fsp3) is 0.857. The minimum atomic E-state index is -5.10. The lowest BCUT2D eigenvalue weighted by Gasteiger charge is -2.11. The lowest BCUT2D eigenvalue weighted by atomic mass is 10.3. The quantitative estimate of drug-likeness (QED) is 0.669. The third-order valence-corrected chi connectivity index (χ3v) is 1.95. The minimum absolute atomic E-state index is 0.157. The van der Waals surface area contributed by atoms with E-state index in [1.54, 1.807) is 6.92 Å². The Morgan fingerprint density at radius 3 is 2.31 bits per heavy atom. The zero-order valence-corrected chi connectivity index (χ0v) is 6.86. The molecular formula is C7H9F4NO. The van der Waals surface area contributed by atoms with E-state index in [1.807, 2.05) is 5.32 Å².